The van der Waals surface area contributed by atoms with Gasteiger partial charge in [0.05, 0.1) is 13.2 Å². The average Bonchev–Trinajstić information content (AvgIpc) is 2.69. The first-order valence-corrected chi connectivity index (χ1v) is 9.76. The molecule has 0 N–H and O–H groups in total. The van der Waals surface area contributed by atoms with Crippen molar-refractivity contribution in [2.75, 3.05) is 26.4 Å². The summed E-state index contributed by atoms with van der Waals surface area (Å²) in [6, 6.07) is 0. The van der Waals surface area contributed by atoms with Crippen molar-refractivity contribution < 1.29 is 88.5 Å². The van der Waals surface area contributed by atoms with Crippen LogP contribution in [0.15, 0.2) is 0 Å². The molecule has 0 aromatic rings. The minimum Gasteiger partial charge on any atom is -0.381 e. The van der Waals surface area contributed by atoms with Gasteiger partial charge in [0.15, 0.2) is 0 Å². The minimum atomic E-state index is -7.04. The van der Waals surface area contributed by atoms with Crippen LogP contribution in [-0.2, 0) is 9.47 Å². The molecule has 0 fully saturated rings. The summed E-state index contributed by atoms with van der Waals surface area (Å²) in [5.74, 6) is -39.3. The van der Waals surface area contributed by atoms with Gasteiger partial charge in [-0.1, -0.05) is 0 Å². The zero-order valence-electron chi connectivity index (χ0n) is 18.0. The van der Waals surface area contributed by atoms with Gasteiger partial charge in [-0.05, 0) is 19.3 Å². The molecule has 0 amide bonds. The third-order valence-corrected chi connectivity index (χ3v) is 4.62. The van der Waals surface area contributed by atoms with Crippen LogP contribution < -0.4 is 0 Å². The third kappa shape index (κ3) is 7.84. The average molecular weight is 596 g/mol. The Morgan fingerprint density at radius 1 is 0.324 bits per heavy atom. The van der Waals surface area contributed by atoms with Gasteiger partial charge in [-0.2, -0.15) is 79.0 Å². The summed E-state index contributed by atoms with van der Waals surface area (Å²) < 4.78 is 236. The molecule has 0 unspecified atom stereocenters. The van der Waals surface area contributed by atoms with E-state index in [2.05, 4.69) is 9.47 Å². The summed E-state index contributed by atoms with van der Waals surface area (Å²) in [4.78, 5) is 0. The van der Waals surface area contributed by atoms with Crippen LogP contribution in [0.3, 0.4) is 0 Å². The largest absolute Gasteiger partial charge is 0.460 e. The first-order chi connectivity index (χ1) is 16.2. The van der Waals surface area contributed by atoms with E-state index in [1.165, 1.54) is 0 Å². The molecule has 0 bridgehead atoms. The Hall–Kier alpha value is -1.34. The normalized spacial score (nSPS) is 15.4. The van der Waals surface area contributed by atoms with Gasteiger partial charge in [0, 0.05) is 26.1 Å². The fourth-order valence-corrected chi connectivity index (χ4v) is 2.32. The number of unbranched alkanes of at least 4 members (excludes halogenated alkanes) is 2. The van der Waals surface area contributed by atoms with E-state index in [-0.39, 0.29) is 19.3 Å². The lowest BCUT2D eigenvalue weighted by Gasteiger charge is -2.33. The van der Waals surface area contributed by atoms with Crippen molar-refractivity contribution in [3.05, 3.63) is 0 Å². The molecule has 0 atom stereocenters. The molecule has 0 radical (unpaired) electrons. The fraction of sp³-hybridized carbons (Fsp3) is 1.00. The van der Waals surface area contributed by atoms with E-state index in [9.17, 15) is 79.0 Å². The van der Waals surface area contributed by atoms with E-state index in [1.54, 1.807) is 0 Å². The molecule has 0 spiro atoms. The number of ether oxygens (including phenoxy) is 2. The lowest BCUT2D eigenvalue weighted by Crippen LogP contribution is -2.61. The predicted octanol–water partition coefficient (Wildman–Crippen LogP) is 7.91. The van der Waals surface area contributed by atoms with Crippen LogP contribution in [-0.4, -0.2) is 74.3 Å². The van der Waals surface area contributed by atoms with Crippen molar-refractivity contribution in [1.82, 2.24) is 0 Å². The van der Waals surface area contributed by atoms with Gasteiger partial charge >= 0.3 is 47.9 Å². The van der Waals surface area contributed by atoms with Gasteiger partial charge in [0.1, 0.15) is 0 Å². The van der Waals surface area contributed by atoms with Crippen LogP contribution in [0.25, 0.3) is 0 Å². The van der Waals surface area contributed by atoms with E-state index >= 15 is 0 Å². The van der Waals surface area contributed by atoms with Gasteiger partial charge in [-0.3, -0.25) is 0 Å². The van der Waals surface area contributed by atoms with Crippen molar-refractivity contribution in [2.24, 2.45) is 0 Å². The van der Waals surface area contributed by atoms with E-state index in [0.29, 0.717) is 0 Å². The van der Waals surface area contributed by atoms with E-state index in [0.717, 1.165) is 0 Å². The van der Waals surface area contributed by atoms with E-state index in [1.807, 2.05) is 0 Å². The number of alkyl halides is 18. The number of hydrogen-bond acceptors (Lipinski definition) is 2. The molecule has 0 aromatic heterocycles. The molecule has 37 heavy (non-hydrogen) atoms. The van der Waals surface area contributed by atoms with Gasteiger partial charge in [-0.15, -0.1) is 0 Å². The summed E-state index contributed by atoms with van der Waals surface area (Å²) in [5.41, 5.74) is 0. The number of rotatable bonds is 16. The molecule has 0 aliphatic carbocycles. The van der Waals surface area contributed by atoms with Crippen LogP contribution in [0.5, 0.6) is 0 Å². The molecular weight excluding hydrogens is 578 g/mol. The lowest BCUT2D eigenvalue weighted by atomic mass is 10.0. The standard InChI is InChI=1S/C17H18F18O2/c18-10(19,12(22,23)14(26,27)16(30,31)32)4-8-36-6-2-1-3-7-37-9-5-11(20,21)13(24,25)15(28,29)17(33,34)35/h1-9H2. The summed E-state index contributed by atoms with van der Waals surface area (Å²) in [5, 5.41) is 0. The Labute approximate surface area is 196 Å². The van der Waals surface area contributed by atoms with E-state index in [4.69, 9.17) is 0 Å². The van der Waals surface area contributed by atoms with Crippen molar-refractivity contribution in [2.45, 2.75) is 80.0 Å². The fourth-order valence-electron chi connectivity index (χ4n) is 2.32. The van der Waals surface area contributed by atoms with Crippen LogP contribution in [0, 0.1) is 0 Å². The SMILES string of the molecule is FC(F)(F)C(F)(F)C(F)(F)C(F)(F)CCOCCCCCOCCC(F)(F)C(F)(F)C(F)(F)C(F)(F)F. The molecule has 20 heteroatoms. The zero-order valence-corrected chi connectivity index (χ0v) is 18.0. The van der Waals surface area contributed by atoms with E-state index < -0.39 is 87.2 Å². The monoisotopic (exact) mass is 596 g/mol. The molecule has 0 heterocycles. The minimum absolute atomic E-state index is 0.0304. The smallest absolute Gasteiger partial charge is 0.381 e. The topological polar surface area (TPSA) is 18.5 Å². The molecule has 0 aliphatic heterocycles. The summed E-state index contributed by atoms with van der Waals surface area (Å²) >= 11 is 0. The van der Waals surface area contributed by atoms with Gasteiger partial charge in [0.2, 0.25) is 0 Å². The Morgan fingerprint density at radius 2 is 0.595 bits per heavy atom. The highest BCUT2D eigenvalue weighted by Crippen LogP contribution is 2.55. The molecule has 224 valence electrons. The summed E-state index contributed by atoms with van der Waals surface area (Å²) in [6.45, 7) is -3.82. The lowest BCUT2D eigenvalue weighted by molar-refractivity contribution is -0.397. The van der Waals surface area contributed by atoms with Crippen molar-refractivity contribution in [1.29, 1.82) is 0 Å². The van der Waals surface area contributed by atoms with Gasteiger partial charge < -0.3 is 9.47 Å². The molecule has 0 aromatic carbocycles. The molecule has 2 nitrogen and oxygen atoms in total. The number of halogens is 18. The van der Waals surface area contributed by atoms with Gasteiger partial charge in [0.25, 0.3) is 0 Å². The van der Waals surface area contributed by atoms with Crippen molar-refractivity contribution in [3.8, 4) is 0 Å². The van der Waals surface area contributed by atoms with Crippen LogP contribution >= 0.6 is 0 Å². The highest BCUT2D eigenvalue weighted by atomic mass is 19.4. The molecule has 0 aliphatic rings. The maximum Gasteiger partial charge on any atom is 0.460 e. The van der Waals surface area contributed by atoms with Crippen LogP contribution in [0.1, 0.15) is 32.1 Å². The Morgan fingerprint density at radius 3 is 0.838 bits per heavy atom. The maximum absolute atomic E-state index is 13.2. The first-order valence-electron chi connectivity index (χ1n) is 9.76. The summed E-state index contributed by atoms with van der Waals surface area (Å²) in [7, 11) is 0. The Bertz CT molecular complexity index is 639. The predicted molar refractivity (Wildman–Crippen MR) is 86.5 cm³/mol. The molecule has 0 rings (SSSR count). The van der Waals surface area contributed by atoms with Gasteiger partial charge in [-0.25, -0.2) is 0 Å². The van der Waals surface area contributed by atoms with Crippen molar-refractivity contribution >= 4 is 0 Å². The zero-order chi connectivity index (χ0) is 29.8. The van der Waals surface area contributed by atoms with Crippen LogP contribution in [0.2, 0.25) is 0 Å². The Kier molecular flexibility index (Phi) is 11.4. The quantitative estimate of drug-likeness (QED) is 0.133. The second-order valence-corrected chi connectivity index (χ2v) is 7.49. The summed E-state index contributed by atoms with van der Waals surface area (Å²) in [6.07, 6.45) is -18.7. The second-order valence-electron chi connectivity index (χ2n) is 7.49. The highest BCUT2D eigenvalue weighted by Gasteiger charge is 2.82. The molecule has 0 saturated carbocycles. The van der Waals surface area contributed by atoms with Crippen LogP contribution in [0.4, 0.5) is 79.0 Å². The third-order valence-electron chi connectivity index (χ3n) is 4.62. The Balaban J connectivity index is 4.32. The highest BCUT2D eigenvalue weighted by molar-refractivity contribution is 5.01. The molecule has 0 saturated heterocycles. The maximum atomic E-state index is 13.2. The first kappa shape index (κ1) is 35.7. The second kappa shape index (κ2) is 11.8. The molecular formula is C17H18F18O2. The van der Waals surface area contributed by atoms with Crippen molar-refractivity contribution in [3.63, 3.8) is 0 Å². The number of hydrogen-bond donors (Lipinski definition) is 0.